The molecule has 5 nitrogen and oxygen atoms in total. The summed E-state index contributed by atoms with van der Waals surface area (Å²) in [5.41, 5.74) is 0.847. The van der Waals surface area contributed by atoms with Gasteiger partial charge in [0, 0.05) is 29.4 Å². The van der Waals surface area contributed by atoms with Gasteiger partial charge in [0.2, 0.25) is 11.7 Å². The molecule has 0 aliphatic heterocycles. The molecule has 3 rings (SSSR count). The molecule has 0 atom stereocenters. The molecule has 3 heterocycles. The lowest BCUT2D eigenvalue weighted by molar-refractivity contribution is 0.262. The van der Waals surface area contributed by atoms with Crippen molar-refractivity contribution in [3.8, 4) is 11.4 Å². The third kappa shape index (κ3) is 3.66. The molecule has 0 saturated carbocycles. The summed E-state index contributed by atoms with van der Waals surface area (Å²) < 4.78 is 6.08. The molecule has 0 saturated heterocycles. The highest BCUT2D eigenvalue weighted by Crippen LogP contribution is 2.23. The molecule has 7 heteroatoms. The van der Waals surface area contributed by atoms with Crippen LogP contribution in [0.5, 0.6) is 0 Å². The molecule has 0 unspecified atom stereocenters. The summed E-state index contributed by atoms with van der Waals surface area (Å²) in [6.45, 7) is 1.38. The van der Waals surface area contributed by atoms with Gasteiger partial charge in [-0.25, -0.2) is 0 Å². The van der Waals surface area contributed by atoms with Gasteiger partial charge < -0.3 is 4.52 Å². The average molecular weight is 321 g/mol. The normalized spacial score (nSPS) is 11.2. The Kier molecular flexibility index (Phi) is 4.28. The maximum atomic E-state index is 5.93. The number of nitrogens with zero attached hydrogens (tertiary/aromatic N) is 4. The van der Waals surface area contributed by atoms with E-state index in [-0.39, 0.29) is 0 Å². The quantitative estimate of drug-likeness (QED) is 0.720. The minimum Gasteiger partial charge on any atom is -0.338 e. The van der Waals surface area contributed by atoms with Gasteiger partial charge in [-0.3, -0.25) is 9.88 Å². The molecule has 0 fully saturated rings. The number of rotatable bonds is 5. The van der Waals surface area contributed by atoms with E-state index in [4.69, 9.17) is 16.1 Å². The summed E-state index contributed by atoms with van der Waals surface area (Å²) in [5, 5.41) is 3.98. The Morgan fingerprint density at radius 1 is 1.29 bits per heavy atom. The number of hydrogen-bond acceptors (Lipinski definition) is 6. The summed E-state index contributed by atoms with van der Waals surface area (Å²) in [4.78, 5) is 11.7. The van der Waals surface area contributed by atoms with Crippen molar-refractivity contribution in [2.24, 2.45) is 0 Å². The van der Waals surface area contributed by atoms with Crippen LogP contribution in [0.2, 0.25) is 4.34 Å². The van der Waals surface area contributed by atoms with Crippen molar-refractivity contribution < 1.29 is 4.52 Å². The smallest absolute Gasteiger partial charge is 0.241 e. The maximum absolute atomic E-state index is 5.93. The molecule has 0 bridgehead atoms. The Bertz CT molecular complexity index is 713. The zero-order chi connectivity index (χ0) is 14.7. The van der Waals surface area contributed by atoms with Gasteiger partial charge in [-0.2, -0.15) is 4.98 Å². The number of thiophene rings is 1. The Morgan fingerprint density at radius 3 is 2.90 bits per heavy atom. The summed E-state index contributed by atoms with van der Waals surface area (Å²) in [5.74, 6) is 1.14. The van der Waals surface area contributed by atoms with Gasteiger partial charge in [0.05, 0.1) is 10.9 Å². The van der Waals surface area contributed by atoms with E-state index in [1.807, 2.05) is 31.3 Å². The highest BCUT2D eigenvalue weighted by atomic mass is 35.5. The van der Waals surface area contributed by atoms with Gasteiger partial charge in [-0.15, -0.1) is 11.3 Å². The first-order chi connectivity index (χ1) is 10.2. The highest BCUT2D eigenvalue weighted by molar-refractivity contribution is 7.16. The Labute approximate surface area is 131 Å². The van der Waals surface area contributed by atoms with Crippen LogP contribution in [0.4, 0.5) is 0 Å². The number of hydrogen-bond donors (Lipinski definition) is 0. The first-order valence-electron chi connectivity index (χ1n) is 6.36. The van der Waals surface area contributed by atoms with Gasteiger partial charge in [-0.1, -0.05) is 16.8 Å². The van der Waals surface area contributed by atoms with Crippen molar-refractivity contribution in [2.45, 2.75) is 13.1 Å². The van der Waals surface area contributed by atoms with Crippen LogP contribution in [0.15, 0.2) is 41.2 Å². The van der Waals surface area contributed by atoms with Gasteiger partial charge in [0.1, 0.15) is 0 Å². The van der Waals surface area contributed by atoms with E-state index < -0.39 is 0 Å². The van der Waals surface area contributed by atoms with Crippen LogP contribution < -0.4 is 0 Å². The minimum absolute atomic E-state index is 0.561. The molecule has 0 spiro atoms. The summed E-state index contributed by atoms with van der Waals surface area (Å²) >= 11 is 7.51. The van der Waals surface area contributed by atoms with Crippen molar-refractivity contribution in [3.05, 3.63) is 51.8 Å². The predicted molar refractivity (Wildman–Crippen MR) is 82.0 cm³/mol. The number of pyridine rings is 1. The van der Waals surface area contributed by atoms with Gasteiger partial charge in [0.15, 0.2) is 0 Å². The van der Waals surface area contributed by atoms with Crippen LogP contribution in [-0.4, -0.2) is 27.1 Å². The average Bonchev–Trinajstić information content (AvgIpc) is 3.09. The lowest BCUT2D eigenvalue weighted by Crippen LogP contribution is -2.16. The minimum atomic E-state index is 0.561. The fraction of sp³-hybridized carbons (Fsp3) is 0.214. The lowest BCUT2D eigenvalue weighted by atomic mass is 10.3. The van der Waals surface area contributed by atoms with E-state index in [0.29, 0.717) is 18.3 Å². The van der Waals surface area contributed by atoms with E-state index in [2.05, 4.69) is 20.0 Å². The first-order valence-corrected chi connectivity index (χ1v) is 7.56. The molecule has 0 amide bonds. The molecule has 108 valence electrons. The second-order valence-electron chi connectivity index (χ2n) is 4.63. The first kappa shape index (κ1) is 14.2. The molecule has 0 N–H and O–H groups in total. The van der Waals surface area contributed by atoms with E-state index in [1.165, 1.54) is 4.88 Å². The standard InChI is InChI=1S/C14H13ClN4OS/c1-19(8-11-4-5-12(15)21-11)9-13-17-14(18-20-13)10-3-2-6-16-7-10/h2-7H,8-9H2,1H3. The van der Waals surface area contributed by atoms with Crippen molar-refractivity contribution in [1.29, 1.82) is 0 Å². The third-order valence-corrected chi connectivity index (χ3v) is 4.06. The molecular weight excluding hydrogens is 308 g/mol. The van der Waals surface area contributed by atoms with Crippen molar-refractivity contribution in [1.82, 2.24) is 20.0 Å². The Hall–Kier alpha value is -1.76. The molecule has 3 aromatic rings. The van der Waals surface area contributed by atoms with E-state index >= 15 is 0 Å². The van der Waals surface area contributed by atoms with Crippen molar-refractivity contribution in [3.63, 3.8) is 0 Å². The fourth-order valence-corrected chi connectivity index (χ4v) is 3.09. The van der Waals surface area contributed by atoms with Crippen LogP contribution >= 0.6 is 22.9 Å². The maximum Gasteiger partial charge on any atom is 0.241 e. The number of halogens is 1. The molecule has 0 aromatic carbocycles. The lowest BCUT2D eigenvalue weighted by Gasteiger charge is -2.12. The summed E-state index contributed by atoms with van der Waals surface area (Å²) in [7, 11) is 2.00. The van der Waals surface area contributed by atoms with Crippen LogP contribution in [0.1, 0.15) is 10.8 Å². The molecular formula is C14H13ClN4OS. The Morgan fingerprint density at radius 2 is 2.19 bits per heavy atom. The molecule has 21 heavy (non-hydrogen) atoms. The second kappa shape index (κ2) is 6.34. The van der Waals surface area contributed by atoms with Crippen LogP contribution in [-0.2, 0) is 13.1 Å². The molecule has 0 aliphatic carbocycles. The largest absolute Gasteiger partial charge is 0.338 e. The summed E-state index contributed by atoms with van der Waals surface area (Å²) in [6, 6.07) is 7.68. The van der Waals surface area contributed by atoms with E-state index in [9.17, 15) is 0 Å². The SMILES string of the molecule is CN(Cc1nc(-c2cccnc2)no1)Cc1ccc(Cl)s1. The van der Waals surface area contributed by atoms with Gasteiger partial charge in [0.25, 0.3) is 0 Å². The molecule has 0 aliphatic rings. The number of aromatic nitrogens is 3. The van der Waals surface area contributed by atoms with Crippen molar-refractivity contribution >= 4 is 22.9 Å². The van der Waals surface area contributed by atoms with Gasteiger partial charge in [-0.05, 0) is 31.3 Å². The third-order valence-electron chi connectivity index (χ3n) is 2.85. The topological polar surface area (TPSA) is 55.1 Å². The predicted octanol–water partition coefficient (Wildman–Crippen LogP) is 3.48. The Balaban J connectivity index is 1.64. The summed E-state index contributed by atoms with van der Waals surface area (Å²) in [6.07, 6.45) is 3.43. The van der Waals surface area contributed by atoms with E-state index in [1.54, 1.807) is 23.7 Å². The molecule has 3 aromatic heterocycles. The highest BCUT2D eigenvalue weighted by Gasteiger charge is 2.11. The van der Waals surface area contributed by atoms with Crippen LogP contribution in [0.25, 0.3) is 11.4 Å². The van der Waals surface area contributed by atoms with Crippen molar-refractivity contribution in [2.75, 3.05) is 7.05 Å². The van der Waals surface area contributed by atoms with Gasteiger partial charge >= 0.3 is 0 Å². The second-order valence-corrected chi connectivity index (χ2v) is 6.43. The van der Waals surface area contributed by atoms with Crippen LogP contribution in [0, 0.1) is 0 Å². The molecule has 0 radical (unpaired) electrons. The zero-order valence-electron chi connectivity index (χ0n) is 11.4. The van der Waals surface area contributed by atoms with Crippen LogP contribution in [0.3, 0.4) is 0 Å². The fourth-order valence-electron chi connectivity index (χ4n) is 1.92. The monoisotopic (exact) mass is 320 g/mol. The zero-order valence-corrected chi connectivity index (χ0v) is 12.9. The van der Waals surface area contributed by atoms with E-state index in [0.717, 1.165) is 16.4 Å².